The molecule has 0 aliphatic heterocycles. The van der Waals surface area contributed by atoms with Crippen molar-refractivity contribution < 1.29 is 14.7 Å². The van der Waals surface area contributed by atoms with Gasteiger partial charge in [0.15, 0.2) is 0 Å². The van der Waals surface area contributed by atoms with Crippen LogP contribution in [0.5, 0.6) is 0 Å². The molecule has 0 heterocycles. The van der Waals surface area contributed by atoms with E-state index in [1.807, 2.05) is 4.90 Å². The van der Waals surface area contributed by atoms with Crippen LogP contribution in [-0.4, -0.2) is 59.5 Å². The molecule has 0 aromatic carbocycles. The van der Waals surface area contributed by atoms with Crippen molar-refractivity contribution in [1.82, 2.24) is 9.80 Å². The molecule has 0 bridgehead atoms. The molecular formula is C12H22N2O3. The minimum Gasteiger partial charge on any atom is -0.480 e. The zero-order chi connectivity index (χ0) is 13.0. The number of hydrogen-bond acceptors (Lipinski definition) is 3. The van der Waals surface area contributed by atoms with E-state index in [0.29, 0.717) is 0 Å². The van der Waals surface area contributed by atoms with Crippen molar-refractivity contribution in [3.8, 4) is 0 Å². The van der Waals surface area contributed by atoms with Gasteiger partial charge < -0.3 is 10.0 Å². The van der Waals surface area contributed by atoms with Crippen LogP contribution in [0.3, 0.4) is 0 Å². The first kappa shape index (κ1) is 14.0. The summed E-state index contributed by atoms with van der Waals surface area (Å²) >= 11 is 0. The van der Waals surface area contributed by atoms with Gasteiger partial charge in [-0.3, -0.25) is 14.5 Å². The minimum atomic E-state index is -0.865. The zero-order valence-electron chi connectivity index (χ0n) is 10.8. The second-order valence-corrected chi connectivity index (χ2v) is 4.91. The predicted octanol–water partition coefficient (Wildman–Crippen LogP) is 0.792. The zero-order valence-corrected chi connectivity index (χ0v) is 10.8. The van der Waals surface area contributed by atoms with Gasteiger partial charge in [-0.2, -0.15) is 0 Å². The van der Waals surface area contributed by atoms with Gasteiger partial charge in [-0.05, 0) is 19.8 Å². The van der Waals surface area contributed by atoms with Gasteiger partial charge in [0.1, 0.15) is 0 Å². The molecule has 5 heteroatoms. The summed E-state index contributed by atoms with van der Waals surface area (Å²) in [6.45, 7) is 1.75. The summed E-state index contributed by atoms with van der Waals surface area (Å²) in [5.41, 5.74) is 0. The smallest absolute Gasteiger partial charge is 0.317 e. The van der Waals surface area contributed by atoms with E-state index in [2.05, 4.69) is 0 Å². The largest absolute Gasteiger partial charge is 0.480 e. The summed E-state index contributed by atoms with van der Waals surface area (Å²) in [7, 11) is 3.40. The molecule has 1 rings (SSSR count). The molecule has 98 valence electrons. The fourth-order valence-electron chi connectivity index (χ4n) is 2.49. The second-order valence-electron chi connectivity index (χ2n) is 4.91. The van der Waals surface area contributed by atoms with Crippen molar-refractivity contribution in [3.05, 3.63) is 0 Å². The summed E-state index contributed by atoms with van der Waals surface area (Å²) in [4.78, 5) is 26.2. The van der Waals surface area contributed by atoms with Crippen LogP contribution in [-0.2, 0) is 9.59 Å². The highest BCUT2D eigenvalue weighted by atomic mass is 16.4. The molecule has 1 aliphatic rings. The lowest BCUT2D eigenvalue weighted by Crippen LogP contribution is -2.50. The highest BCUT2D eigenvalue weighted by Gasteiger charge is 2.32. The monoisotopic (exact) mass is 242 g/mol. The molecule has 1 unspecified atom stereocenters. The first-order valence-electron chi connectivity index (χ1n) is 6.12. The van der Waals surface area contributed by atoms with Crippen LogP contribution >= 0.6 is 0 Å². The maximum atomic E-state index is 11.9. The van der Waals surface area contributed by atoms with E-state index in [-0.39, 0.29) is 24.5 Å². The summed E-state index contributed by atoms with van der Waals surface area (Å²) < 4.78 is 0. The van der Waals surface area contributed by atoms with E-state index in [1.54, 1.807) is 21.0 Å². The average molecular weight is 242 g/mol. The predicted molar refractivity (Wildman–Crippen MR) is 64.8 cm³/mol. The molecule has 1 N–H and O–H groups in total. The Kier molecular flexibility index (Phi) is 4.93. The van der Waals surface area contributed by atoms with Crippen LogP contribution in [0, 0.1) is 0 Å². The SMILES string of the molecule is CC(C(=O)N(C)C)N(CC(=O)O)C1CCCC1. The van der Waals surface area contributed by atoms with Crippen LogP contribution in [0.2, 0.25) is 0 Å². The van der Waals surface area contributed by atoms with E-state index in [0.717, 1.165) is 25.7 Å². The Morgan fingerprint density at radius 3 is 2.24 bits per heavy atom. The van der Waals surface area contributed by atoms with Crippen LogP contribution in [0.15, 0.2) is 0 Å². The number of hydrogen-bond donors (Lipinski definition) is 1. The molecule has 0 radical (unpaired) electrons. The summed E-state index contributed by atoms with van der Waals surface area (Å²) in [5, 5.41) is 8.95. The maximum Gasteiger partial charge on any atom is 0.317 e. The van der Waals surface area contributed by atoms with Gasteiger partial charge >= 0.3 is 5.97 Å². The van der Waals surface area contributed by atoms with E-state index in [1.165, 1.54) is 4.90 Å². The topological polar surface area (TPSA) is 60.9 Å². The number of aliphatic carboxylic acids is 1. The molecule has 1 saturated carbocycles. The van der Waals surface area contributed by atoms with Crippen LogP contribution in [0.25, 0.3) is 0 Å². The van der Waals surface area contributed by atoms with E-state index < -0.39 is 5.97 Å². The van der Waals surface area contributed by atoms with Crippen molar-refractivity contribution in [2.24, 2.45) is 0 Å². The summed E-state index contributed by atoms with van der Waals surface area (Å²) in [6, 6.07) is -0.116. The second kappa shape index (κ2) is 6.00. The molecule has 1 atom stereocenters. The number of rotatable bonds is 5. The molecular weight excluding hydrogens is 220 g/mol. The molecule has 1 aliphatic carbocycles. The average Bonchev–Trinajstić information content (AvgIpc) is 2.76. The van der Waals surface area contributed by atoms with E-state index in [9.17, 15) is 9.59 Å². The Morgan fingerprint density at radius 1 is 1.29 bits per heavy atom. The van der Waals surface area contributed by atoms with Gasteiger partial charge in [-0.15, -0.1) is 0 Å². The van der Waals surface area contributed by atoms with E-state index >= 15 is 0 Å². The van der Waals surface area contributed by atoms with Gasteiger partial charge in [0.05, 0.1) is 12.6 Å². The molecule has 0 aromatic rings. The molecule has 5 nitrogen and oxygen atoms in total. The third-order valence-electron chi connectivity index (χ3n) is 3.41. The van der Waals surface area contributed by atoms with Gasteiger partial charge in [-0.1, -0.05) is 12.8 Å². The van der Waals surface area contributed by atoms with Gasteiger partial charge in [0, 0.05) is 20.1 Å². The molecule has 1 fully saturated rings. The Labute approximate surface area is 102 Å². The van der Waals surface area contributed by atoms with Crippen molar-refractivity contribution in [3.63, 3.8) is 0 Å². The number of carboxylic acid groups (broad SMARTS) is 1. The normalized spacial score (nSPS) is 18.4. The van der Waals surface area contributed by atoms with Gasteiger partial charge in [0.2, 0.25) is 5.91 Å². The van der Waals surface area contributed by atoms with Gasteiger partial charge in [-0.25, -0.2) is 0 Å². The first-order chi connectivity index (χ1) is 7.93. The van der Waals surface area contributed by atoms with E-state index in [4.69, 9.17) is 5.11 Å². The lowest BCUT2D eigenvalue weighted by atomic mass is 10.1. The maximum absolute atomic E-state index is 11.9. The highest BCUT2D eigenvalue weighted by molar-refractivity contribution is 5.81. The Balaban J connectivity index is 2.73. The standard InChI is InChI=1S/C12H22N2O3/c1-9(12(17)13(2)3)14(8-11(15)16)10-6-4-5-7-10/h9-10H,4-8H2,1-3H3,(H,15,16). The number of nitrogens with zero attached hydrogens (tertiary/aromatic N) is 2. The minimum absolute atomic E-state index is 0.0295. The van der Waals surface area contributed by atoms with Crippen LogP contribution in [0.4, 0.5) is 0 Å². The third-order valence-corrected chi connectivity index (χ3v) is 3.41. The number of amides is 1. The number of carbonyl (C=O) groups is 2. The first-order valence-corrected chi connectivity index (χ1v) is 6.12. The molecule has 17 heavy (non-hydrogen) atoms. The van der Waals surface area contributed by atoms with Crippen LogP contribution in [0.1, 0.15) is 32.6 Å². The number of carbonyl (C=O) groups excluding carboxylic acids is 1. The number of likely N-dealkylation sites (N-methyl/N-ethyl adjacent to an activating group) is 1. The summed E-state index contributed by atoms with van der Waals surface area (Å²) in [6.07, 6.45) is 4.25. The molecule has 0 saturated heterocycles. The van der Waals surface area contributed by atoms with Crippen molar-refractivity contribution in [2.75, 3.05) is 20.6 Å². The molecule has 1 amide bonds. The molecule has 0 spiro atoms. The fourth-order valence-corrected chi connectivity index (χ4v) is 2.49. The van der Waals surface area contributed by atoms with Crippen LogP contribution < -0.4 is 0 Å². The molecule has 0 aromatic heterocycles. The quantitative estimate of drug-likeness (QED) is 0.774. The fraction of sp³-hybridized carbons (Fsp3) is 0.833. The Morgan fingerprint density at radius 2 is 1.82 bits per heavy atom. The van der Waals surface area contributed by atoms with Crippen molar-refractivity contribution in [2.45, 2.75) is 44.7 Å². The van der Waals surface area contributed by atoms with Gasteiger partial charge in [0.25, 0.3) is 0 Å². The summed E-state index contributed by atoms with van der Waals surface area (Å²) in [5.74, 6) is -0.895. The van der Waals surface area contributed by atoms with Crippen molar-refractivity contribution in [1.29, 1.82) is 0 Å². The highest BCUT2D eigenvalue weighted by Crippen LogP contribution is 2.25. The number of carboxylic acids is 1. The lowest BCUT2D eigenvalue weighted by molar-refractivity contribution is -0.142. The third kappa shape index (κ3) is 3.70. The Hall–Kier alpha value is -1.10. The Bertz CT molecular complexity index is 285. The van der Waals surface area contributed by atoms with Crippen molar-refractivity contribution >= 4 is 11.9 Å². The lowest BCUT2D eigenvalue weighted by Gasteiger charge is -2.33.